The van der Waals surface area contributed by atoms with Crippen molar-refractivity contribution in [3.05, 3.63) is 35.4 Å². The maximum Gasteiger partial charge on any atom is 0.00794 e. The molecule has 0 amide bonds. The number of hydrogen-bond acceptors (Lipinski definition) is 1. The zero-order chi connectivity index (χ0) is 10.4. The van der Waals surface area contributed by atoms with Gasteiger partial charge in [-0.25, -0.2) is 0 Å². The second-order valence-corrected chi connectivity index (χ2v) is 4.03. The van der Waals surface area contributed by atoms with Crippen LogP contribution in [0.5, 0.6) is 0 Å². The predicted molar refractivity (Wildman–Crippen MR) is 62.4 cm³/mol. The van der Waals surface area contributed by atoms with Gasteiger partial charge < -0.3 is 5.73 Å². The molecule has 14 heavy (non-hydrogen) atoms. The Kier molecular flexibility index (Phi) is 4.68. The first-order valence-electron chi connectivity index (χ1n) is 5.54. The van der Waals surface area contributed by atoms with Crippen molar-refractivity contribution in [3.63, 3.8) is 0 Å². The first-order valence-corrected chi connectivity index (χ1v) is 5.54. The van der Waals surface area contributed by atoms with Crippen LogP contribution in [0.4, 0.5) is 0 Å². The molecule has 0 saturated heterocycles. The Morgan fingerprint density at radius 1 is 1.29 bits per heavy atom. The maximum atomic E-state index is 6.06. The summed E-state index contributed by atoms with van der Waals surface area (Å²) in [5, 5.41) is 0. The summed E-state index contributed by atoms with van der Waals surface area (Å²) in [6.07, 6.45) is 4.64. The molecule has 0 aromatic heterocycles. The number of nitrogens with two attached hydrogens (primary N) is 1. The van der Waals surface area contributed by atoms with Crippen molar-refractivity contribution in [1.29, 1.82) is 0 Å². The monoisotopic (exact) mass is 191 g/mol. The lowest BCUT2D eigenvalue weighted by Crippen LogP contribution is -2.22. The van der Waals surface area contributed by atoms with Crippen molar-refractivity contribution in [2.45, 2.75) is 45.6 Å². The molecule has 0 fully saturated rings. The number of unbranched alkanes of at least 4 members (excludes halogenated alkanes) is 1. The van der Waals surface area contributed by atoms with Crippen LogP contribution in [0.15, 0.2) is 24.3 Å². The standard InChI is InChI=1S/C13H21N/c1-3-4-9-13(14)10-12-8-6-5-7-11(12)2/h5-8,13H,3-4,9-10,14H2,1-2H3. The molecule has 1 nitrogen and oxygen atoms in total. The van der Waals surface area contributed by atoms with E-state index in [0.29, 0.717) is 6.04 Å². The summed E-state index contributed by atoms with van der Waals surface area (Å²) in [7, 11) is 0. The Balaban J connectivity index is 2.47. The van der Waals surface area contributed by atoms with Gasteiger partial charge in [-0.1, -0.05) is 44.0 Å². The Morgan fingerprint density at radius 2 is 2.00 bits per heavy atom. The first-order chi connectivity index (χ1) is 6.74. The second kappa shape index (κ2) is 5.82. The van der Waals surface area contributed by atoms with Crippen molar-refractivity contribution in [1.82, 2.24) is 0 Å². The maximum absolute atomic E-state index is 6.06. The Labute approximate surface area is 87.3 Å². The van der Waals surface area contributed by atoms with Gasteiger partial charge in [-0.05, 0) is 30.9 Å². The summed E-state index contributed by atoms with van der Waals surface area (Å²) in [5.74, 6) is 0. The molecule has 0 bridgehead atoms. The van der Waals surface area contributed by atoms with Gasteiger partial charge in [-0.15, -0.1) is 0 Å². The molecule has 0 saturated carbocycles. The largest absolute Gasteiger partial charge is 0.327 e. The van der Waals surface area contributed by atoms with Gasteiger partial charge in [0.25, 0.3) is 0 Å². The number of rotatable bonds is 5. The summed E-state index contributed by atoms with van der Waals surface area (Å²) >= 11 is 0. The summed E-state index contributed by atoms with van der Waals surface area (Å²) < 4.78 is 0. The van der Waals surface area contributed by atoms with Crippen LogP contribution in [-0.2, 0) is 6.42 Å². The Bertz CT molecular complexity index is 268. The molecule has 2 N–H and O–H groups in total. The first kappa shape index (κ1) is 11.3. The minimum absolute atomic E-state index is 0.330. The predicted octanol–water partition coefficient (Wildman–Crippen LogP) is 3.06. The highest BCUT2D eigenvalue weighted by Gasteiger charge is 2.04. The fourth-order valence-electron chi connectivity index (χ4n) is 1.69. The molecular formula is C13H21N. The quantitative estimate of drug-likeness (QED) is 0.760. The Morgan fingerprint density at radius 3 is 2.64 bits per heavy atom. The van der Waals surface area contributed by atoms with E-state index in [1.54, 1.807) is 0 Å². The van der Waals surface area contributed by atoms with Crippen LogP contribution in [0, 0.1) is 6.92 Å². The van der Waals surface area contributed by atoms with Crippen LogP contribution in [0.1, 0.15) is 37.3 Å². The molecule has 0 aliphatic rings. The van der Waals surface area contributed by atoms with E-state index in [0.717, 1.165) is 12.8 Å². The van der Waals surface area contributed by atoms with Gasteiger partial charge >= 0.3 is 0 Å². The van der Waals surface area contributed by atoms with E-state index in [1.165, 1.54) is 24.0 Å². The third kappa shape index (κ3) is 3.51. The molecule has 1 rings (SSSR count). The van der Waals surface area contributed by atoms with Crippen LogP contribution in [-0.4, -0.2) is 6.04 Å². The topological polar surface area (TPSA) is 26.0 Å². The smallest absolute Gasteiger partial charge is 0.00794 e. The minimum atomic E-state index is 0.330. The molecule has 0 aliphatic heterocycles. The van der Waals surface area contributed by atoms with E-state index >= 15 is 0 Å². The molecule has 1 aromatic rings. The molecule has 1 heteroatoms. The molecule has 1 aromatic carbocycles. The van der Waals surface area contributed by atoms with Gasteiger partial charge in [0.15, 0.2) is 0 Å². The van der Waals surface area contributed by atoms with E-state index in [9.17, 15) is 0 Å². The summed E-state index contributed by atoms with van der Waals surface area (Å²) in [6, 6.07) is 8.84. The fraction of sp³-hybridized carbons (Fsp3) is 0.538. The average Bonchev–Trinajstić information content (AvgIpc) is 2.18. The van der Waals surface area contributed by atoms with E-state index in [-0.39, 0.29) is 0 Å². The van der Waals surface area contributed by atoms with Gasteiger partial charge in [0.05, 0.1) is 0 Å². The Hall–Kier alpha value is -0.820. The molecule has 0 heterocycles. The molecule has 1 unspecified atom stereocenters. The van der Waals surface area contributed by atoms with Crippen LogP contribution in [0.25, 0.3) is 0 Å². The third-order valence-electron chi connectivity index (χ3n) is 2.67. The van der Waals surface area contributed by atoms with E-state index < -0.39 is 0 Å². The van der Waals surface area contributed by atoms with Crippen LogP contribution < -0.4 is 5.73 Å². The zero-order valence-corrected chi connectivity index (χ0v) is 9.29. The van der Waals surface area contributed by atoms with E-state index in [4.69, 9.17) is 5.73 Å². The average molecular weight is 191 g/mol. The molecule has 1 atom stereocenters. The van der Waals surface area contributed by atoms with Crippen molar-refractivity contribution >= 4 is 0 Å². The van der Waals surface area contributed by atoms with E-state index in [2.05, 4.69) is 38.1 Å². The van der Waals surface area contributed by atoms with Crippen molar-refractivity contribution in [2.24, 2.45) is 5.73 Å². The van der Waals surface area contributed by atoms with Crippen LogP contribution in [0.2, 0.25) is 0 Å². The van der Waals surface area contributed by atoms with Gasteiger partial charge in [0.2, 0.25) is 0 Å². The van der Waals surface area contributed by atoms with Crippen LogP contribution in [0.3, 0.4) is 0 Å². The highest BCUT2D eigenvalue weighted by atomic mass is 14.6. The lowest BCUT2D eigenvalue weighted by molar-refractivity contribution is 0.573. The third-order valence-corrected chi connectivity index (χ3v) is 2.67. The SMILES string of the molecule is CCCCC(N)Cc1ccccc1C. The normalized spacial score (nSPS) is 12.8. The molecule has 0 aliphatic carbocycles. The minimum Gasteiger partial charge on any atom is -0.327 e. The van der Waals surface area contributed by atoms with Gasteiger partial charge in [0.1, 0.15) is 0 Å². The van der Waals surface area contributed by atoms with Gasteiger partial charge in [-0.2, -0.15) is 0 Å². The highest BCUT2D eigenvalue weighted by Crippen LogP contribution is 2.11. The van der Waals surface area contributed by atoms with E-state index in [1.807, 2.05) is 0 Å². The number of aryl methyl sites for hydroxylation is 1. The molecule has 0 spiro atoms. The van der Waals surface area contributed by atoms with Crippen molar-refractivity contribution in [3.8, 4) is 0 Å². The molecule has 78 valence electrons. The molecular weight excluding hydrogens is 170 g/mol. The lowest BCUT2D eigenvalue weighted by Gasteiger charge is -2.12. The summed E-state index contributed by atoms with van der Waals surface area (Å²) in [5.41, 5.74) is 8.82. The molecule has 0 radical (unpaired) electrons. The number of benzene rings is 1. The second-order valence-electron chi connectivity index (χ2n) is 4.03. The van der Waals surface area contributed by atoms with Gasteiger partial charge in [-0.3, -0.25) is 0 Å². The van der Waals surface area contributed by atoms with Gasteiger partial charge in [0, 0.05) is 6.04 Å². The van der Waals surface area contributed by atoms with Crippen molar-refractivity contribution in [2.75, 3.05) is 0 Å². The lowest BCUT2D eigenvalue weighted by atomic mass is 9.98. The number of hydrogen-bond donors (Lipinski definition) is 1. The van der Waals surface area contributed by atoms with Crippen molar-refractivity contribution < 1.29 is 0 Å². The summed E-state index contributed by atoms with van der Waals surface area (Å²) in [6.45, 7) is 4.36. The highest BCUT2D eigenvalue weighted by molar-refractivity contribution is 5.26. The van der Waals surface area contributed by atoms with Crippen LogP contribution >= 0.6 is 0 Å². The summed E-state index contributed by atoms with van der Waals surface area (Å²) in [4.78, 5) is 0. The zero-order valence-electron chi connectivity index (χ0n) is 9.29. The fourth-order valence-corrected chi connectivity index (χ4v) is 1.69.